The SMILES string of the molecule is Cc1nc([N+](=O)[O-])c(NCc2cn[nH]c2N)n1C. The molecule has 0 spiro atoms. The van der Waals surface area contributed by atoms with E-state index >= 15 is 0 Å². The molecule has 4 N–H and O–H groups in total. The minimum absolute atomic E-state index is 0.197. The van der Waals surface area contributed by atoms with Gasteiger partial charge in [0.05, 0.1) is 6.20 Å². The van der Waals surface area contributed by atoms with E-state index in [1.807, 2.05) is 0 Å². The first kappa shape index (κ1) is 11.9. The third-order valence-electron chi connectivity index (χ3n) is 2.67. The highest BCUT2D eigenvalue weighted by molar-refractivity contribution is 5.54. The van der Waals surface area contributed by atoms with Gasteiger partial charge in [0.25, 0.3) is 0 Å². The summed E-state index contributed by atoms with van der Waals surface area (Å²) in [6.45, 7) is 2.03. The van der Waals surface area contributed by atoms with E-state index in [0.717, 1.165) is 5.56 Å². The van der Waals surface area contributed by atoms with E-state index in [1.54, 1.807) is 24.7 Å². The first-order valence-electron chi connectivity index (χ1n) is 5.20. The molecule has 2 aromatic heterocycles. The fourth-order valence-electron chi connectivity index (χ4n) is 1.56. The number of aromatic nitrogens is 4. The Morgan fingerprint density at radius 3 is 2.94 bits per heavy atom. The van der Waals surface area contributed by atoms with Crippen molar-refractivity contribution in [2.24, 2.45) is 7.05 Å². The molecule has 0 bridgehead atoms. The molecular weight excluding hydrogens is 238 g/mol. The zero-order valence-corrected chi connectivity index (χ0v) is 9.97. The highest BCUT2D eigenvalue weighted by Gasteiger charge is 2.23. The Balaban J connectivity index is 2.24. The van der Waals surface area contributed by atoms with Gasteiger partial charge in [-0.3, -0.25) is 9.67 Å². The Hall–Kier alpha value is -2.58. The molecule has 0 atom stereocenters. The average Bonchev–Trinajstić information content (AvgIpc) is 2.83. The van der Waals surface area contributed by atoms with E-state index in [9.17, 15) is 10.1 Å². The second-order valence-corrected chi connectivity index (χ2v) is 3.81. The van der Waals surface area contributed by atoms with E-state index in [-0.39, 0.29) is 5.82 Å². The molecule has 18 heavy (non-hydrogen) atoms. The zero-order valence-electron chi connectivity index (χ0n) is 9.97. The summed E-state index contributed by atoms with van der Waals surface area (Å²) in [5.74, 6) is 1.14. The number of aryl methyl sites for hydroxylation is 1. The molecular formula is C9H13N7O2. The summed E-state index contributed by atoms with van der Waals surface area (Å²) in [7, 11) is 1.70. The molecule has 9 nitrogen and oxygen atoms in total. The number of nitrogens with two attached hydrogens (primary N) is 1. The van der Waals surface area contributed by atoms with Crippen LogP contribution in [0.3, 0.4) is 0 Å². The summed E-state index contributed by atoms with van der Waals surface area (Å²) in [6.07, 6.45) is 1.57. The van der Waals surface area contributed by atoms with Crippen LogP contribution in [-0.4, -0.2) is 24.7 Å². The molecule has 9 heteroatoms. The molecule has 2 aromatic rings. The molecule has 0 saturated heterocycles. The lowest BCUT2D eigenvalue weighted by Crippen LogP contribution is -2.07. The van der Waals surface area contributed by atoms with E-state index in [0.29, 0.717) is 24.0 Å². The van der Waals surface area contributed by atoms with Crippen LogP contribution >= 0.6 is 0 Å². The van der Waals surface area contributed by atoms with Crippen molar-refractivity contribution in [2.75, 3.05) is 11.1 Å². The molecule has 0 amide bonds. The summed E-state index contributed by atoms with van der Waals surface area (Å²) < 4.78 is 1.62. The van der Waals surface area contributed by atoms with Gasteiger partial charge in [-0.15, -0.1) is 0 Å². The standard InChI is InChI=1S/C9H13N7O2/c1-5-13-9(16(17)18)8(15(5)2)11-3-6-4-12-14-7(6)10/h4,11H,3H2,1-2H3,(H3,10,12,14). The number of rotatable bonds is 4. The Kier molecular flexibility index (Phi) is 2.88. The fraction of sp³-hybridized carbons (Fsp3) is 0.333. The zero-order chi connectivity index (χ0) is 13.3. The van der Waals surface area contributed by atoms with Crippen molar-refractivity contribution in [3.8, 4) is 0 Å². The highest BCUT2D eigenvalue weighted by Crippen LogP contribution is 2.24. The van der Waals surface area contributed by atoms with Crippen molar-refractivity contribution in [3.05, 3.63) is 27.7 Å². The van der Waals surface area contributed by atoms with Crippen LogP contribution in [0, 0.1) is 17.0 Å². The average molecular weight is 251 g/mol. The van der Waals surface area contributed by atoms with Crippen molar-refractivity contribution in [1.29, 1.82) is 0 Å². The number of hydrogen-bond donors (Lipinski definition) is 3. The van der Waals surface area contributed by atoms with Crippen molar-refractivity contribution in [2.45, 2.75) is 13.5 Å². The molecule has 2 rings (SSSR count). The summed E-state index contributed by atoms with van der Waals surface area (Å²) in [4.78, 5) is 14.2. The summed E-state index contributed by atoms with van der Waals surface area (Å²) in [6, 6.07) is 0. The smallest absolute Gasteiger partial charge is 0.384 e. The lowest BCUT2D eigenvalue weighted by molar-refractivity contribution is -0.388. The maximum atomic E-state index is 10.9. The van der Waals surface area contributed by atoms with Crippen LogP contribution in [0.5, 0.6) is 0 Å². The Bertz CT molecular complexity index is 586. The predicted octanol–water partition coefficient (Wildman–Crippen LogP) is 0.554. The maximum Gasteiger partial charge on any atom is 0.406 e. The minimum Gasteiger partial charge on any atom is -0.384 e. The number of nitrogens with one attached hydrogen (secondary N) is 2. The molecule has 0 aliphatic rings. The normalized spacial score (nSPS) is 10.6. The third kappa shape index (κ3) is 1.97. The molecule has 0 saturated carbocycles. The van der Waals surface area contributed by atoms with E-state index < -0.39 is 4.92 Å². The lowest BCUT2D eigenvalue weighted by atomic mass is 10.3. The molecule has 0 aromatic carbocycles. The third-order valence-corrected chi connectivity index (χ3v) is 2.67. The van der Waals surface area contributed by atoms with Crippen LogP contribution in [0.2, 0.25) is 0 Å². The predicted molar refractivity (Wildman–Crippen MR) is 64.9 cm³/mol. The number of H-pyrrole nitrogens is 1. The van der Waals surface area contributed by atoms with Crippen LogP contribution in [0.1, 0.15) is 11.4 Å². The van der Waals surface area contributed by atoms with Gasteiger partial charge < -0.3 is 21.2 Å². The van der Waals surface area contributed by atoms with Gasteiger partial charge in [0.15, 0.2) is 0 Å². The number of nitrogen functional groups attached to an aromatic ring is 1. The topological polar surface area (TPSA) is 128 Å². The molecule has 2 heterocycles. The van der Waals surface area contributed by atoms with Crippen LogP contribution in [0.4, 0.5) is 17.5 Å². The van der Waals surface area contributed by atoms with Gasteiger partial charge in [0.1, 0.15) is 5.82 Å². The van der Waals surface area contributed by atoms with Gasteiger partial charge >= 0.3 is 5.82 Å². The quantitative estimate of drug-likeness (QED) is 0.538. The molecule has 0 radical (unpaired) electrons. The Morgan fingerprint density at radius 2 is 2.39 bits per heavy atom. The van der Waals surface area contributed by atoms with E-state index in [2.05, 4.69) is 20.5 Å². The highest BCUT2D eigenvalue weighted by atomic mass is 16.6. The largest absolute Gasteiger partial charge is 0.406 e. The number of nitrogens with zero attached hydrogens (tertiary/aromatic N) is 4. The van der Waals surface area contributed by atoms with Crippen LogP contribution in [0.15, 0.2) is 6.20 Å². The van der Waals surface area contributed by atoms with Crippen molar-refractivity contribution in [3.63, 3.8) is 0 Å². The minimum atomic E-state index is -0.520. The number of hydrogen-bond acceptors (Lipinski definition) is 6. The number of imidazole rings is 1. The van der Waals surface area contributed by atoms with E-state index in [4.69, 9.17) is 5.73 Å². The van der Waals surface area contributed by atoms with Crippen molar-refractivity contribution in [1.82, 2.24) is 19.7 Å². The van der Waals surface area contributed by atoms with Gasteiger partial charge in [-0.1, -0.05) is 0 Å². The summed E-state index contributed by atoms with van der Waals surface area (Å²) in [5, 5.41) is 20.2. The fourth-order valence-corrected chi connectivity index (χ4v) is 1.56. The Labute approximate surface area is 102 Å². The summed E-state index contributed by atoms with van der Waals surface area (Å²) in [5.41, 5.74) is 6.37. The first-order valence-corrected chi connectivity index (χ1v) is 5.20. The van der Waals surface area contributed by atoms with Crippen LogP contribution in [0.25, 0.3) is 0 Å². The number of anilines is 2. The van der Waals surface area contributed by atoms with Gasteiger partial charge in [-0.2, -0.15) is 5.10 Å². The molecule has 0 fully saturated rings. The van der Waals surface area contributed by atoms with Gasteiger partial charge in [0.2, 0.25) is 11.6 Å². The maximum absolute atomic E-state index is 10.9. The molecule has 0 aliphatic carbocycles. The number of aromatic amines is 1. The van der Waals surface area contributed by atoms with Gasteiger partial charge in [-0.25, -0.2) is 0 Å². The van der Waals surface area contributed by atoms with Gasteiger partial charge in [0, 0.05) is 26.1 Å². The molecule has 96 valence electrons. The monoisotopic (exact) mass is 251 g/mol. The molecule has 0 aliphatic heterocycles. The second kappa shape index (κ2) is 4.35. The summed E-state index contributed by atoms with van der Waals surface area (Å²) >= 11 is 0. The second-order valence-electron chi connectivity index (χ2n) is 3.81. The number of nitro groups is 1. The first-order chi connectivity index (χ1) is 8.50. The van der Waals surface area contributed by atoms with Crippen LogP contribution < -0.4 is 11.1 Å². The van der Waals surface area contributed by atoms with E-state index in [1.165, 1.54) is 0 Å². The molecule has 0 unspecified atom stereocenters. The lowest BCUT2D eigenvalue weighted by Gasteiger charge is -2.05. The van der Waals surface area contributed by atoms with Crippen molar-refractivity contribution < 1.29 is 4.92 Å². The van der Waals surface area contributed by atoms with Crippen LogP contribution in [-0.2, 0) is 13.6 Å². The van der Waals surface area contributed by atoms with Gasteiger partial charge in [-0.05, 0) is 9.91 Å². The van der Waals surface area contributed by atoms with Crippen molar-refractivity contribution >= 4 is 17.5 Å². The Morgan fingerprint density at radius 1 is 1.67 bits per heavy atom.